The summed E-state index contributed by atoms with van der Waals surface area (Å²) in [7, 11) is 0. The molecule has 0 aliphatic carbocycles. The number of nitrogens with one attached hydrogen (secondary N) is 1. The van der Waals surface area contributed by atoms with Crippen LogP contribution in [0.25, 0.3) is 0 Å². The molecule has 1 amide bonds. The Hall–Kier alpha value is -3.28. The SMILES string of the molecule is Cc1nn(Cc2ccccc2)c2c1C(c1ccc3c(c1)OCO3)NC2=O. The second-order valence-electron chi connectivity index (χ2n) is 6.51. The van der Waals surface area contributed by atoms with Gasteiger partial charge in [0, 0.05) is 5.56 Å². The van der Waals surface area contributed by atoms with Crippen molar-refractivity contribution in [2.45, 2.75) is 19.5 Å². The van der Waals surface area contributed by atoms with Crippen LogP contribution in [-0.4, -0.2) is 22.5 Å². The summed E-state index contributed by atoms with van der Waals surface area (Å²) in [6, 6.07) is 15.6. The lowest BCUT2D eigenvalue weighted by molar-refractivity contribution is 0.0950. The molecule has 130 valence electrons. The number of ether oxygens (including phenoxy) is 2. The molecule has 0 saturated carbocycles. The van der Waals surface area contributed by atoms with Crippen molar-refractivity contribution < 1.29 is 14.3 Å². The Labute approximate surface area is 150 Å². The van der Waals surface area contributed by atoms with Crippen LogP contribution in [0, 0.1) is 6.92 Å². The zero-order chi connectivity index (χ0) is 17.7. The Morgan fingerprint density at radius 3 is 2.81 bits per heavy atom. The fraction of sp³-hybridized carbons (Fsp3) is 0.200. The number of benzene rings is 2. The number of amides is 1. The van der Waals surface area contributed by atoms with Crippen LogP contribution >= 0.6 is 0 Å². The lowest BCUT2D eigenvalue weighted by Gasteiger charge is -2.12. The zero-order valence-corrected chi connectivity index (χ0v) is 14.2. The first-order chi connectivity index (χ1) is 12.7. The van der Waals surface area contributed by atoms with E-state index in [-0.39, 0.29) is 18.7 Å². The first-order valence-corrected chi connectivity index (χ1v) is 8.52. The minimum absolute atomic E-state index is 0.0980. The molecule has 0 bridgehead atoms. The molecule has 26 heavy (non-hydrogen) atoms. The number of aryl methyl sites for hydroxylation is 1. The van der Waals surface area contributed by atoms with Crippen molar-refractivity contribution in [2.24, 2.45) is 0 Å². The van der Waals surface area contributed by atoms with E-state index < -0.39 is 0 Å². The quantitative estimate of drug-likeness (QED) is 0.791. The van der Waals surface area contributed by atoms with Crippen molar-refractivity contribution in [3.8, 4) is 11.5 Å². The van der Waals surface area contributed by atoms with Crippen LogP contribution in [0.4, 0.5) is 0 Å². The number of hydrogen-bond donors (Lipinski definition) is 1. The topological polar surface area (TPSA) is 65.4 Å². The first kappa shape index (κ1) is 15.0. The third kappa shape index (κ3) is 2.26. The van der Waals surface area contributed by atoms with Gasteiger partial charge in [-0.1, -0.05) is 36.4 Å². The highest BCUT2D eigenvalue weighted by molar-refractivity contribution is 5.98. The summed E-state index contributed by atoms with van der Waals surface area (Å²) in [6.45, 7) is 2.74. The number of hydrogen-bond acceptors (Lipinski definition) is 4. The molecule has 5 rings (SSSR count). The molecular weight excluding hydrogens is 330 g/mol. The molecule has 0 spiro atoms. The van der Waals surface area contributed by atoms with E-state index in [1.54, 1.807) is 4.68 Å². The largest absolute Gasteiger partial charge is 0.454 e. The van der Waals surface area contributed by atoms with Gasteiger partial charge in [-0.2, -0.15) is 5.10 Å². The van der Waals surface area contributed by atoms with Crippen LogP contribution in [0.15, 0.2) is 48.5 Å². The molecule has 6 nitrogen and oxygen atoms in total. The fourth-order valence-corrected chi connectivity index (χ4v) is 3.67. The maximum Gasteiger partial charge on any atom is 0.270 e. The summed E-state index contributed by atoms with van der Waals surface area (Å²) in [5.74, 6) is 1.34. The van der Waals surface area contributed by atoms with E-state index in [1.165, 1.54) is 0 Å². The van der Waals surface area contributed by atoms with Crippen molar-refractivity contribution in [3.63, 3.8) is 0 Å². The smallest absolute Gasteiger partial charge is 0.270 e. The van der Waals surface area contributed by atoms with Gasteiger partial charge < -0.3 is 14.8 Å². The van der Waals surface area contributed by atoms with Crippen LogP contribution in [0.2, 0.25) is 0 Å². The molecular formula is C20H17N3O3. The molecule has 1 unspecified atom stereocenters. The lowest BCUT2D eigenvalue weighted by atomic mass is 9.99. The first-order valence-electron chi connectivity index (χ1n) is 8.52. The minimum Gasteiger partial charge on any atom is -0.454 e. The van der Waals surface area contributed by atoms with Gasteiger partial charge in [-0.25, -0.2) is 0 Å². The number of nitrogens with zero attached hydrogens (tertiary/aromatic N) is 2. The molecule has 1 aromatic heterocycles. The molecule has 0 saturated heterocycles. The third-order valence-corrected chi connectivity index (χ3v) is 4.86. The summed E-state index contributed by atoms with van der Waals surface area (Å²) in [6.07, 6.45) is 0. The molecule has 2 aliphatic rings. The molecule has 1 N–H and O–H groups in total. The van der Waals surface area contributed by atoms with Crippen molar-refractivity contribution in [2.75, 3.05) is 6.79 Å². The van der Waals surface area contributed by atoms with E-state index in [0.29, 0.717) is 18.0 Å². The third-order valence-electron chi connectivity index (χ3n) is 4.86. The van der Waals surface area contributed by atoms with Gasteiger partial charge in [-0.05, 0) is 30.2 Å². The van der Waals surface area contributed by atoms with E-state index in [2.05, 4.69) is 10.4 Å². The van der Waals surface area contributed by atoms with E-state index in [9.17, 15) is 4.79 Å². The Balaban J connectivity index is 1.55. The van der Waals surface area contributed by atoms with Crippen LogP contribution in [0.1, 0.15) is 38.9 Å². The predicted octanol–water partition coefficient (Wildman–Crippen LogP) is 2.80. The zero-order valence-electron chi connectivity index (χ0n) is 14.2. The second kappa shape index (κ2) is 5.62. The van der Waals surface area contributed by atoms with E-state index in [4.69, 9.17) is 9.47 Å². The number of rotatable bonds is 3. The van der Waals surface area contributed by atoms with Crippen LogP contribution in [0.5, 0.6) is 11.5 Å². The van der Waals surface area contributed by atoms with Gasteiger partial charge in [-0.15, -0.1) is 0 Å². The Morgan fingerprint density at radius 1 is 1.15 bits per heavy atom. The maximum atomic E-state index is 12.7. The van der Waals surface area contributed by atoms with E-state index in [0.717, 1.165) is 28.1 Å². The summed E-state index contributed by atoms with van der Waals surface area (Å²) < 4.78 is 12.6. The highest BCUT2D eigenvalue weighted by Gasteiger charge is 2.36. The van der Waals surface area contributed by atoms with Gasteiger partial charge in [0.25, 0.3) is 5.91 Å². The summed E-state index contributed by atoms with van der Waals surface area (Å²) in [4.78, 5) is 12.7. The average Bonchev–Trinajstić information content (AvgIpc) is 3.32. The molecule has 0 radical (unpaired) electrons. The van der Waals surface area contributed by atoms with Gasteiger partial charge in [0.2, 0.25) is 6.79 Å². The van der Waals surface area contributed by atoms with Gasteiger partial charge >= 0.3 is 0 Å². The maximum absolute atomic E-state index is 12.7. The van der Waals surface area contributed by atoms with Crippen LogP contribution in [-0.2, 0) is 6.54 Å². The molecule has 3 heterocycles. The molecule has 2 aromatic carbocycles. The number of carbonyl (C=O) groups is 1. The van der Waals surface area contributed by atoms with Crippen molar-refractivity contribution >= 4 is 5.91 Å². The molecule has 3 aromatic rings. The van der Waals surface area contributed by atoms with Gasteiger partial charge in [0.1, 0.15) is 5.69 Å². The molecule has 2 aliphatic heterocycles. The Morgan fingerprint density at radius 2 is 1.96 bits per heavy atom. The number of carbonyl (C=O) groups excluding carboxylic acids is 1. The minimum atomic E-state index is -0.225. The molecule has 1 atom stereocenters. The summed E-state index contributed by atoms with van der Waals surface area (Å²) in [5.41, 5.74) is 4.50. The number of fused-ring (bicyclic) bond motifs is 2. The van der Waals surface area contributed by atoms with Crippen molar-refractivity contribution in [1.82, 2.24) is 15.1 Å². The van der Waals surface area contributed by atoms with Crippen molar-refractivity contribution in [3.05, 3.63) is 76.6 Å². The summed E-state index contributed by atoms with van der Waals surface area (Å²) in [5, 5.41) is 7.70. The summed E-state index contributed by atoms with van der Waals surface area (Å²) >= 11 is 0. The van der Waals surface area contributed by atoms with Gasteiger partial charge in [-0.3, -0.25) is 9.48 Å². The lowest BCUT2D eigenvalue weighted by Crippen LogP contribution is -2.23. The highest BCUT2D eigenvalue weighted by atomic mass is 16.7. The molecule has 0 fully saturated rings. The standard InChI is InChI=1S/C20H17N3O3/c1-12-17-18(14-7-8-15-16(9-14)26-11-25-15)21-20(24)19(17)23(22-12)10-13-5-3-2-4-6-13/h2-9,18H,10-11H2,1H3,(H,21,24). The van der Waals surface area contributed by atoms with Crippen molar-refractivity contribution in [1.29, 1.82) is 0 Å². The second-order valence-corrected chi connectivity index (χ2v) is 6.51. The van der Waals surface area contributed by atoms with Crippen LogP contribution in [0.3, 0.4) is 0 Å². The van der Waals surface area contributed by atoms with Gasteiger partial charge in [0.15, 0.2) is 11.5 Å². The van der Waals surface area contributed by atoms with Crippen LogP contribution < -0.4 is 14.8 Å². The van der Waals surface area contributed by atoms with E-state index in [1.807, 2.05) is 55.5 Å². The highest BCUT2D eigenvalue weighted by Crippen LogP contribution is 2.39. The Bertz CT molecular complexity index is 1010. The number of aromatic nitrogens is 2. The monoisotopic (exact) mass is 347 g/mol. The molecule has 6 heteroatoms. The predicted molar refractivity (Wildman–Crippen MR) is 94.4 cm³/mol. The average molecular weight is 347 g/mol. The Kier molecular flexibility index (Phi) is 3.25. The normalized spacial score (nSPS) is 17.3. The fourth-order valence-electron chi connectivity index (χ4n) is 3.67. The van der Waals surface area contributed by atoms with E-state index >= 15 is 0 Å². The van der Waals surface area contributed by atoms with Gasteiger partial charge in [0.05, 0.1) is 18.3 Å².